The van der Waals surface area contributed by atoms with Crippen molar-refractivity contribution in [3.63, 3.8) is 0 Å². The van der Waals surface area contributed by atoms with E-state index in [2.05, 4.69) is 16.7 Å². The van der Waals surface area contributed by atoms with E-state index in [1.54, 1.807) is 7.11 Å². The molecule has 0 spiro atoms. The lowest BCUT2D eigenvalue weighted by atomic mass is 10.2. The molecule has 4 heteroatoms. The summed E-state index contributed by atoms with van der Waals surface area (Å²) in [6.07, 6.45) is 2.43. The van der Waals surface area contributed by atoms with Gasteiger partial charge in [-0.05, 0) is 37.1 Å². The van der Waals surface area contributed by atoms with E-state index in [9.17, 15) is 0 Å². The predicted octanol–water partition coefficient (Wildman–Crippen LogP) is 3.63. The van der Waals surface area contributed by atoms with E-state index in [0.29, 0.717) is 6.04 Å². The van der Waals surface area contributed by atoms with Crippen LogP contribution in [0.15, 0.2) is 42.5 Å². The molecule has 21 heavy (non-hydrogen) atoms. The maximum Gasteiger partial charge on any atom is 0.141 e. The highest BCUT2D eigenvalue weighted by Crippen LogP contribution is 2.41. The summed E-state index contributed by atoms with van der Waals surface area (Å²) in [5.74, 6) is 1.83. The summed E-state index contributed by atoms with van der Waals surface area (Å²) in [4.78, 5) is 4.82. The molecule has 3 aromatic rings. The first-order chi connectivity index (χ1) is 10.3. The topological polar surface area (TPSA) is 53.1 Å². The van der Waals surface area contributed by atoms with Gasteiger partial charge in [0.25, 0.3) is 0 Å². The van der Waals surface area contributed by atoms with E-state index >= 15 is 0 Å². The molecule has 1 saturated carbocycles. The number of anilines is 1. The highest BCUT2D eigenvalue weighted by molar-refractivity contribution is 5.82. The van der Waals surface area contributed by atoms with Crippen molar-refractivity contribution >= 4 is 16.7 Å². The first-order valence-corrected chi connectivity index (χ1v) is 7.18. The standard InChI is InChI=1S/C17H17N3O/c1-21-14-7-8-16-15(10-14)19-17(20(16)13-5-6-13)11-3-2-4-12(18)9-11/h2-4,7-10,13H,5-6,18H2,1H3. The molecule has 0 unspecified atom stereocenters. The fourth-order valence-corrected chi connectivity index (χ4v) is 2.79. The van der Waals surface area contributed by atoms with E-state index in [0.717, 1.165) is 33.9 Å². The maximum atomic E-state index is 5.92. The SMILES string of the molecule is COc1ccc2c(c1)nc(-c1cccc(N)c1)n2C1CC1. The van der Waals surface area contributed by atoms with Crippen LogP contribution in [0.4, 0.5) is 5.69 Å². The van der Waals surface area contributed by atoms with Gasteiger partial charge in [-0.3, -0.25) is 0 Å². The lowest BCUT2D eigenvalue weighted by molar-refractivity contribution is 0.415. The molecule has 1 fully saturated rings. The molecule has 0 aliphatic heterocycles. The predicted molar refractivity (Wildman–Crippen MR) is 84.4 cm³/mol. The lowest BCUT2D eigenvalue weighted by Crippen LogP contribution is -1.97. The van der Waals surface area contributed by atoms with Crippen LogP contribution in [0.3, 0.4) is 0 Å². The summed E-state index contributed by atoms with van der Waals surface area (Å²) in [6.45, 7) is 0. The van der Waals surface area contributed by atoms with Crippen LogP contribution in [0.1, 0.15) is 18.9 Å². The normalized spacial score (nSPS) is 14.5. The van der Waals surface area contributed by atoms with Crippen LogP contribution < -0.4 is 10.5 Å². The second-order valence-corrected chi connectivity index (χ2v) is 5.52. The van der Waals surface area contributed by atoms with Crippen molar-refractivity contribution < 1.29 is 4.74 Å². The van der Waals surface area contributed by atoms with Crippen molar-refractivity contribution in [1.29, 1.82) is 0 Å². The molecular formula is C17H17N3O. The van der Waals surface area contributed by atoms with Gasteiger partial charge in [0, 0.05) is 23.4 Å². The van der Waals surface area contributed by atoms with Gasteiger partial charge in [-0.15, -0.1) is 0 Å². The second kappa shape index (κ2) is 4.52. The number of methoxy groups -OCH3 is 1. The highest BCUT2D eigenvalue weighted by Gasteiger charge is 2.28. The molecule has 2 N–H and O–H groups in total. The summed E-state index contributed by atoms with van der Waals surface area (Å²) in [5.41, 5.74) is 9.88. The van der Waals surface area contributed by atoms with Crippen molar-refractivity contribution in [3.05, 3.63) is 42.5 Å². The lowest BCUT2D eigenvalue weighted by Gasteiger charge is -2.08. The summed E-state index contributed by atoms with van der Waals surface area (Å²) in [7, 11) is 1.68. The minimum Gasteiger partial charge on any atom is -0.497 e. The summed E-state index contributed by atoms with van der Waals surface area (Å²) in [5, 5.41) is 0. The van der Waals surface area contributed by atoms with Gasteiger partial charge in [0.1, 0.15) is 11.6 Å². The summed E-state index contributed by atoms with van der Waals surface area (Å²) in [6, 6.07) is 14.6. The number of hydrogen-bond donors (Lipinski definition) is 1. The minimum atomic E-state index is 0.555. The van der Waals surface area contributed by atoms with E-state index < -0.39 is 0 Å². The second-order valence-electron chi connectivity index (χ2n) is 5.52. The van der Waals surface area contributed by atoms with Crippen molar-refractivity contribution in [1.82, 2.24) is 9.55 Å². The number of imidazole rings is 1. The molecule has 1 aliphatic rings. The summed E-state index contributed by atoms with van der Waals surface area (Å²) < 4.78 is 7.64. The van der Waals surface area contributed by atoms with Crippen LogP contribution in [0.5, 0.6) is 5.75 Å². The number of benzene rings is 2. The van der Waals surface area contributed by atoms with Gasteiger partial charge < -0.3 is 15.0 Å². The van der Waals surface area contributed by atoms with Gasteiger partial charge in [-0.2, -0.15) is 0 Å². The fourth-order valence-electron chi connectivity index (χ4n) is 2.79. The molecule has 0 radical (unpaired) electrons. The van der Waals surface area contributed by atoms with Gasteiger partial charge >= 0.3 is 0 Å². The van der Waals surface area contributed by atoms with E-state index in [4.69, 9.17) is 15.5 Å². The van der Waals surface area contributed by atoms with Crippen LogP contribution in [0, 0.1) is 0 Å². The Balaban J connectivity index is 1.97. The summed E-state index contributed by atoms with van der Waals surface area (Å²) >= 11 is 0. The number of aromatic nitrogens is 2. The first-order valence-electron chi connectivity index (χ1n) is 7.18. The maximum absolute atomic E-state index is 5.92. The molecule has 0 amide bonds. The van der Waals surface area contributed by atoms with Gasteiger partial charge in [-0.25, -0.2) is 4.98 Å². The molecule has 0 atom stereocenters. The van der Waals surface area contributed by atoms with E-state index in [1.807, 2.05) is 30.3 Å². The number of fused-ring (bicyclic) bond motifs is 1. The van der Waals surface area contributed by atoms with Crippen LogP contribution in [0.25, 0.3) is 22.4 Å². The fraction of sp³-hybridized carbons (Fsp3) is 0.235. The molecule has 106 valence electrons. The Hall–Kier alpha value is -2.49. The van der Waals surface area contributed by atoms with E-state index in [1.165, 1.54) is 12.8 Å². The Labute approximate surface area is 123 Å². The number of hydrogen-bond acceptors (Lipinski definition) is 3. The van der Waals surface area contributed by atoms with Crippen molar-refractivity contribution in [3.8, 4) is 17.1 Å². The monoisotopic (exact) mass is 279 g/mol. The molecule has 1 aromatic heterocycles. The zero-order chi connectivity index (χ0) is 14.4. The van der Waals surface area contributed by atoms with E-state index in [-0.39, 0.29) is 0 Å². The van der Waals surface area contributed by atoms with Gasteiger partial charge in [0.15, 0.2) is 0 Å². The molecule has 1 aliphatic carbocycles. The number of nitrogen functional groups attached to an aromatic ring is 1. The zero-order valence-electron chi connectivity index (χ0n) is 11.9. The molecule has 4 rings (SSSR count). The molecule has 0 saturated heterocycles. The van der Waals surface area contributed by atoms with Gasteiger partial charge in [0.2, 0.25) is 0 Å². The third-order valence-electron chi connectivity index (χ3n) is 3.95. The first kappa shape index (κ1) is 12.3. The molecule has 2 aromatic carbocycles. The third-order valence-corrected chi connectivity index (χ3v) is 3.95. The van der Waals surface area contributed by atoms with Crippen LogP contribution in [-0.4, -0.2) is 16.7 Å². The Kier molecular flexibility index (Phi) is 2.64. The number of ether oxygens (including phenoxy) is 1. The van der Waals surface area contributed by atoms with Crippen molar-refractivity contribution in [2.45, 2.75) is 18.9 Å². The van der Waals surface area contributed by atoms with Gasteiger partial charge in [0.05, 0.1) is 18.1 Å². The molecular weight excluding hydrogens is 262 g/mol. The smallest absolute Gasteiger partial charge is 0.141 e. The Morgan fingerprint density at radius 2 is 2.05 bits per heavy atom. The Bertz CT molecular complexity index is 818. The average Bonchev–Trinajstić information content (AvgIpc) is 3.26. The highest BCUT2D eigenvalue weighted by atomic mass is 16.5. The van der Waals surface area contributed by atoms with Crippen LogP contribution in [-0.2, 0) is 0 Å². The molecule has 1 heterocycles. The van der Waals surface area contributed by atoms with Crippen LogP contribution in [0.2, 0.25) is 0 Å². The van der Waals surface area contributed by atoms with Crippen LogP contribution >= 0.6 is 0 Å². The number of nitrogens with zero attached hydrogens (tertiary/aromatic N) is 2. The van der Waals surface area contributed by atoms with Crippen molar-refractivity contribution in [2.24, 2.45) is 0 Å². The number of nitrogens with two attached hydrogens (primary N) is 1. The zero-order valence-corrected chi connectivity index (χ0v) is 11.9. The third kappa shape index (κ3) is 2.03. The quantitative estimate of drug-likeness (QED) is 0.745. The number of rotatable bonds is 3. The largest absolute Gasteiger partial charge is 0.497 e. The van der Waals surface area contributed by atoms with Crippen molar-refractivity contribution in [2.75, 3.05) is 12.8 Å². The van der Waals surface area contributed by atoms with Gasteiger partial charge in [-0.1, -0.05) is 12.1 Å². The minimum absolute atomic E-state index is 0.555. The Morgan fingerprint density at radius 1 is 1.19 bits per heavy atom. The molecule has 4 nitrogen and oxygen atoms in total. The Morgan fingerprint density at radius 3 is 2.76 bits per heavy atom. The molecule has 0 bridgehead atoms. The average molecular weight is 279 g/mol.